The molecule has 5 nitrogen and oxygen atoms in total. The van der Waals surface area contributed by atoms with E-state index in [2.05, 4.69) is 27.1 Å². The maximum absolute atomic E-state index is 5.08. The average Bonchev–Trinajstić information content (AvgIpc) is 2.46. The number of anilines is 1. The van der Waals surface area contributed by atoms with Crippen molar-refractivity contribution in [2.75, 3.05) is 38.6 Å². The SMILES string of the molecule is CCN1CCC(CNc2cc(OC)ncn2)CC1. The van der Waals surface area contributed by atoms with E-state index in [1.807, 2.05) is 6.07 Å². The molecule has 1 aromatic rings. The number of nitrogens with zero attached hydrogens (tertiary/aromatic N) is 3. The first-order valence-electron chi connectivity index (χ1n) is 6.64. The summed E-state index contributed by atoms with van der Waals surface area (Å²) >= 11 is 0. The fourth-order valence-corrected chi connectivity index (χ4v) is 2.30. The molecule has 0 atom stereocenters. The van der Waals surface area contributed by atoms with Crippen molar-refractivity contribution in [1.82, 2.24) is 14.9 Å². The van der Waals surface area contributed by atoms with Gasteiger partial charge in [0.2, 0.25) is 5.88 Å². The smallest absolute Gasteiger partial charge is 0.218 e. The second-order valence-electron chi connectivity index (χ2n) is 4.70. The highest BCUT2D eigenvalue weighted by atomic mass is 16.5. The number of hydrogen-bond donors (Lipinski definition) is 1. The molecule has 1 N–H and O–H groups in total. The number of hydrogen-bond acceptors (Lipinski definition) is 5. The molecule has 0 saturated carbocycles. The average molecular weight is 250 g/mol. The Morgan fingerprint density at radius 3 is 2.83 bits per heavy atom. The zero-order valence-electron chi connectivity index (χ0n) is 11.2. The number of likely N-dealkylation sites (tertiary alicyclic amines) is 1. The minimum absolute atomic E-state index is 0.605. The molecule has 0 spiro atoms. The van der Waals surface area contributed by atoms with Crippen molar-refractivity contribution in [2.45, 2.75) is 19.8 Å². The van der Waals surface area contributed by atoms with Crippen LogP contribution >= 0.6 is 0 Å². The fraction of sp³-hybridized carbons (Fsp3) is 0.692. The molecular formula is C13H22N4O. The Morgan fingerprint density at radius 1 is 1.39 bits per heavy atom. The summed E-state index contributed by atoms with van der Waals surface area (Å²) in [6, 6.07) is 1.83. The van der Waals surface area contributed by atoms with Gasteiger partial charge in [0.15, 0.2) is 0 Å². The summed E-state index contributed by atoms with van der Waals surface area (Å²) in [4.78, 5) is 10.7. The van der Waals surface area contributed by atoms with Crippen molar-refractivity contribution in [2.24, 2.45) is 5.92 Å². The molecule has 0 bridgehead atoms. The van der Waals surface area contributed by atoms with Gasteiger partial charge >= 0.3 is 0 Å². The third kappa shape index (κ3) is 3.57. The summed E-state index contributed by atoms with van der Waals surface area (Å²) in [5, 5.41) is 3.37. The topological polar surface area (TPSA) is 50.3 Å². The van der Waals surface area contributed by atoms with Crippen LogP contribution in [0.25, 0.3) is 0 Å². The largest absolute Gasteiger partial charge is 0.481 e. The number of rotatable bonds is 5. The summed E-state index contributed by atoms with van der Waals surface area (Å²) in [6.45, 7) is 6.82. The van der Waals surface area contributed by atoms with Gasteiger partial charge in [-0.05, 0) is 38.4 Å². The third-order valence-corrected chi connectivity index (χ3v) is 3.58. The molecule has 1 aliphatic rings. The minimum atomic E-state index is 0.605. The number of aromatic nitrogens is 2. The Labute approximate surface area is 109 Å². The van der Waals surface area contributed by atoms with E-state index >= 15 is 0 Å². The normalized spacial score (nSPS) is 17.7. The van der Waals surface area contributed by atoms with Gasteiger partial charge in [0.1, 0.15) is 12.1 Å². The number of piperidine rings is 1. The van der Waals surface area contributed by atoms with E-state index in [0.29, 0.717) is 5.88 Å². The number of nitrogens with one attached hydrogen (secondary N) is 1. The standard InChI is InChI=1S/C13H22N4O/c1-3-17-6-4-11(5-7-17)9-14-12-8-13(18-2)16-10-15-12/h8,10-11H,3-7,9H2,1-2H3,(H,14,15,16). The highest BCUT2D eigenvalue weighted by Crippen LogP contribution is 2.18. The van der Waals surface area contributed by atoms with Crippen LogP contribution < -0.4 is 10.1 Å². The van der Waals surface area contributed by atoms with Crippen LogP contribution in [0.4, 0.5) is 5.82 Å². The number of methoxy groups -OCH3 is 1. The minimum Gasteiger partial charge on any atom is -0.481 e. The van der Waals surface area contributed by atoms with Gasteiger partial charge < -0.3 is 15.0 Å². The van der Waals surface area contributed by atoms with Gasteiger partial charge in [-0.25, -0.2) is 9.97 Å². The predicted molar refractivity (Wildman–Crippen MR) is 71.9 cm³/mol. The lowest BCUT2D eigenvalue weighted by Crippen LogP contribution is -2.35. The van der Waals surface area contributed by atoms with E-state index in [1.165, 1.54) is 38.8 Å². The van der Waals surface area contributed by atoms with Crippen molar-refractivity contribution in [3.8, 4) is 5.88 Å². The van der Waals surface area contributed by atoms with E-state index in [-0.39, 0.29) is 0 Å². The third-order valence-electron chi connectivity index (χ3n) is 3.58. The summed E-state index contributed by atoms with van der Waals surface area (Å²) in [5.74, 6) is 2.20. The summed E-state index contributed by atoms with van der Waals surface area (Å²) in [6.07, 6.45) is 4.06. The molecule has 18 heavy (non-hydrogen) atoms. The van der Waals surface area contributed by atoms with Crippen LogP contribution in [0.15, 0.2) is 12.4 Å². The van der Waals surface area contributed by atoms with E-state index in [9.17, 15) is 0 Å². The molecule has 0 radical (unpaired) electrons. The van der Waals surface area contributed by atoms with Crippen molar-refractivity contribution in [3.05, 3.63) is 12.4 Å². The molecule has 100 valence electrons. The molecule has 0 aromatic carbocycles. The van der Waals surface area contributed by atoms with Crippen molar-refractivity contribution < 1.29 is 4.74 Å². The molecule has 0 aliphatic carbocycles. The molecule has 0 amide bonds. The zero-order chi connectivity index (χ0) is 12.8. The molecule has 2 heterocycles. The summed E-state index contributed by atoms with van der Waals surface area (Å²) in [7, 11) is 1.62. The maximum atomic E-state index is 5.08. The lowest BCUT2D eigenvalue weighted by atomic mass is 9.97. The van der Waals surface area contributed by atoms with Crippen LogP contribution in [-0.4, -0.2) is 48.2 Å². The van der Waals surface area contributed by atoms with Gasteiger partial charge in [0.05, 0.1) is 7.11 Å². The lowest BCUT2D eigenvalue weighted by Gasteiger charge is -2.31. The van der Waals surface area contributed by atoms with Gasteiger partial charge in [0.25, 0.3) is 0 Å². The van der Waals surface area contributed by atoms with Gasteiger partial charge in [-0.15, -0.1) is 0 Å². The molecule has 0 unspecified atom stereocenters. The van der Waals surface area contributed by atoms with E-state index in [1.54, 1.807) is 7.11 Å². The predicted octanol–water partition coefficient (Wildman–Crippen LogP) is 1.63. The van der Waals surface area contributed by atoms with E-state index in [4.69, 9.17) is 4.74 Å². The molecule has 2 rings (SSSR count). The Hall–Kier alpha value is -1.36. The summed E-state index contributed by atoms with van der Waals surface area (Å²) < 4.78 is 5.08. The molecule has 1 fully saturated rings. The first-order chi connectivity index (χ1) is 8.81. The Kier molecular flexibility index (Phi) is 4.75. The molecule has 1 aromatic heterocycles. The second kappa shape index (κ2) is 6.54. The van der Waals surface area contributed by atoms with Crippen LogP contribution in [-0.2, 0) is 0 Å². The van der Waals surface area contributed by atoms with Crippen LogP contribution in [0.2, 0.25) is 0 Å². The molecular weight excluding hydrogens is 228 g/mol. The van der Waals surface area contributed by atoms with Crippen molar-refractivity contribution >= 4 is 5.82 Å². The Bertz CT molecular complexity index is 364. The van der Waals surface area contributed by atoms with Crippen molar-refractivity contribution in [3.63, 3.8) is 0 Å². The summed E-state index contributed by atoms with van der Waals surface area (Å²) in [5.41, 5.74) is 0. The molecule has 5 heteroatoms. The van der Waals surface area contributed by atoms with E-state index in [0.717, 1.165) is 18.3 Å². The van der Waals surface area contributed by atoms with E-state index < -0.39 is 0 Å². The lowest BCUT2D eigenvalue weighted by molar-refractivity contribution is 0.198. The Balaban J connectivity index is 1.77. The maximum Gasteiger partial charge on any atom is 0.218 e. The first kappa shape index (κ1) is 13.1. The quantitative estimate of drug-likeness (QED) is 0.860. The van der Waals surface area contributed by atoms with Crippen LogP contribution in [0.5, 0.6) is 5.88 Å². The molecule has 1 aliphatic heterocycles. The number of ether oxygens (including phenoxy) is 1. The van der Waals surface area contributed by atoms with Gasteiger partial charge in [0, 0.05) is 12.6 Å². The monoisotopic (exact) mass is 250 g/mol. The highest BCUT2D eigenvalue weighted by Gasteiger charge is 2.17. The van der Waals surface area contributed by atoms with Crippen LogP contribution in [0.3, 0.4) is 0 Å². The first-order valence-corrected chi connectivity index (χ1v) is 6.64. The van der Waals surface area contributed by atoms with Crippen LogP contribution in [0, 0.1) is 5.92 Å². The fourth-order valence-electron chi connectivity index (χ4n) is 2.30. The highest BCUT2D eigenvalue weighted by molar-refractivity contribution is 5.36. The van der Waals surface area contributed by atoms with Gasteiger partial charge in [-0.3, -0.25) is 0 Å². The van der Waals surface area contributed by atoms with Gasteiger partial charge in [-0.1, -0.05) is 6.92 Å². The second-order valence-corrected chi connectivity index (χ2v) is 4.70. The Morgan fingerprint density at radius 2 is 2.17 bits per heavy atom. The van der Waals surface area contributed by atoms with Gasteiger partial charge in [-0.2, -0.15) is 0 Å². The molecule has 1 saturated heterocycles. The van der Waals surface area contributed by atoms with Crippen LogP contribution in [0.1, 0.15) is 19.8 Å². The zero-order valence-corrected chi connectivity index (χ0v) is 11.2. The van der Waals surface area contributed by atoms with Crippen molar-refractivity contribution in [1.29, 1.82) is 0 Å².